The van der Waals surface area contributed by atoms with E-state index in [0.29, 0.717) is 17.3 Å². The normalized spacial score (nSPS) is 30.8. The van der Waals surface area contributed by atoms with Gasteiger partial charge in [0.1, 0.15) is 0 Å². The summed E-state index contributed by atoms with van der Waals surface area (Å²) in [4.78, 5) is 8.00. The zero-order valence-electron chi connectivity index (χ0n) is 38.6. The molecule has 5 heteroatoms. The van der Waals surface area contributed by atoms with Crippen LogP contribution in [0.1, 0.15) is 31.2 Å². The van der Waals surface area contributed by atoms with Gasteiger partial charge in [0.2, 0.25) is 0 Å². The Balaban J connectivity index is 1.01. The second kappa shape index (κ2) is 13.1. The Morgan fingerprint density at radius 1 is 0.697 bits per heavy atom. The molecule has 3 fully saturated rings. The summed E-state index contributed by atoms with van der Waals surface area (Å²) in [6, 6.07) is 55.9. The molecule has 0 amide bonds. The molecule has 3 saturated carbocycles. The maximum atomic E-state index is 2.90. The Morgan fingerprint density at radius 2 is 1.41 bits per heavy atom. The number of para-hydroxylation sites is 3. The molecule has 0 aromatic heterocycles. The van der Waals surface area contributed by atoms with Crippen molar-refractivity contribution >= 4 is 76.4 Å². The first-order valence-corrected chi connectivity index (χ1v) is 29.3. The van der Waals surface area contributed by atoms with Gasteiger partial charge in [0.05, 0.1) is 0 Å². The van der Waals surface area contributed by atoms with Crippen molar-refractivity contribution in [2.75, 3.05) is 14.7 Å². The molecule has 0 N–H and O–H groups in total. The van der Waals surface area contributed by atoms with Crippen molar-refractivity contribution in [3.8, 4) is 0 Å². The number of fused-ring (bicyclic) bond motifs is 11. The topological polar surface area (TPSA) is 9.72 Å². The number of allylic oxidation sites excluding steroid dienone is 6. The fourth-order valence-corrected chi connectivity index (χ4v) is 17.6. The number of nitrogens with zero attached hydrogens (tertiary/aromatic N) is 3. The van der Waals surface area contributed by atoms with Crippen molar-refractivity contribution in [2.45, 2.75) is 64.1 Å². The van der Waals surface area contributed by atoms with Gasteiger partial charge in [0, 0.05) is 0 Å². The first kappa shape index (κ1) is 38.1. The van der Waals surface area contributed by atoms with Crippen molar-refractivity contribution in [1.29, 1.82) is 0 Å². The Hall–Kier alpha value is -6.04. The number of aryl methyl sites for hydroxylation is 1. The van der Waals surface area contributed by atoms with E-state index >= 15 is 0 Å². The second-order valence-electron chi connectivity index (χ2n) is 22.8. The molecule has 324 valence electrons. The first-order chi connectivity index (χ1) is 32.3. The van der Waals surface area contributed by atoms with E-state index in [2.05, 4.69) is 217 Å². The van der Waals surface area contributed by atoms with Crippen molar-refractivity contribution in [3.05, 3.63) is 198 Å². The molecule has 2 spiro atoms. The van der Waals surface area contributed by atoms with Gasteiger partial charge >= 0.3 is 394 Å². The predicted octanol–water partition coefficient (Wildman–Crippen LogP) is 13.1. The van der Waals surface area contributed by atoms with Crippen molar-refractivity contribution in [2.24, 2.45) is 40.4 Å². The summed E-state index contributed by atoms with van der Waals surface area (Å²) in [7, 11) is -2.22. The molecule has 9 unspecified atom stereocenters. The van der Waals surface area contributed by atoms with Gasteiger partial charge < -0.3 is 0 Å². The fourth-order valence-electron chi connectivity index (χ4n) is 16.2. The van der Waals surface area contributed by atoms with E-state index in [4.69, 9.17) is 0 Å². The van der Waals surface area contributed by atoms with Gasteiger partial charge in [-0.2, -0.15) is 0 Å². The number of hydrogen-bond acceptors (Lipinski definition) is 3. The van der Waals surface area contributed by atoms with Crippen LogP contribution in [0.3, 0.4) is 0 Å². The Bertz CT molecular complexity index is 3130. The van der Waals surface area contributed by atoms with E-state index in [1.54, 1.807) is 16.3 Å². The SMILES string of the molecule is Cc1ccc(N2c3cc(N(c4ccccc4)c4ccccc4)ccc3B3c4c2cc([SiH-](C)(C)C)cc4N(c2ccccc2)C2C4=C(C=CC32)C2(C3=CC5CC6CC2C356)C2C=CCCC42)cc1. The molecule has 0 bridgehead atoms. The van der Waals surface area contributed by atoms with Crippen LogP contribution in [0.2, 0.25) is 25.5 Å². The van der Waals surface area contributed by atoms with Gasteiger partial charge in [0.15, 0.2) is 0 Å². The Kier molecular flexibility index (Phi) is 7.56. The summed E-state index contributed by atoms with van der Waals surface area (Å²) in [6.45, 7) is 10.1. The summed E-state index contributed by atoms with van der Waals surface area (Å²) < 4.78 is 0. The average molecular weight is 871 g/mol. The monoisotopic (exact) mass is 870 g/mol. The summed E-state index contributed by atoms with van der Waals surface area (Å²) >= 11 is 0. The van der Waals surface area contributed by atoms with E-state index in [0.717, 1.165) is 29.1 Å². The molecule has 66 heavy (non-hydrogen) atoms. The van der Waals surface area contributed by atoms with E-state index < -0.39 is 8.07 Å². The quantitative estimate of drug-likeness (QED) is 0.122. The van der Waals surface area contributed by atoms with Gasteiger partial charge in [-0.05, 0) is 0 Å². The van der Waals surface area contributed by atoms with Crippen LogP contribution in [0.5, 0.6) is 0 Å². The van der Waals surface area contributed by atoms with Crippen LogP contribution in [0.25, 0.3) is 0 Å². The van der Waals surface area contributed by atoms with Crippen LogP contribution in [0, 0.1) is 47.3 Å². The van der Waals surface area contributed by atoms with Gasteiger partial charge in [0.25, 0.3) is 0 Å². The molecule has 2 heterocycles. The molecule has 0 saturated heterocycles. The van der Waals surface area contributed by atoms with Crippen LogP contribution in [0.15, 0.2) is 193 Å². The zero-order chi connectivity index (χ0) is 43.8. The van der Waals surface area contributed by atoms with Crippen molar-refractivity contribution in [1.82, 2.24) is 0 Å². The van der Waals surface area contributed by atoms with E-state index in [1.165, 1.54) is 76.3 Å². The van der Waals surface area contributed by atoms with Crippen molar-refractivity contribution in [3.63, 3.8) is 0 Å². The number of hydrogen-bond donors (Lipinski definition) is 0. The summed E-state index contributed by atoms with van der Waals surface area (Å²) in [5.41, 5.74) is 20.5. The van der Waals surface area contributed by atoms with E-state index in [9.17, 15) is 0 Å². The number of anilines is 8. The van der Waals surface area contributed by atoms with E-state index in [-0.39, 0.29) is 24.0 Å². The minimum absolute atomic E-state index is 0.186. The number of rotatable bonds is 6. The van der Waals surface area contributed by atoms with Crippen molar-refractivity contribution < 1.29 is 0 Å². The Labute approximate surface area is 392 Å². The van der Waals surface area contributed by atoms with Crippen LogP contribution < -0.4 is 30.8 Å². The van der Waals surface area contributed by atoms with Crippen LogP contribution >= 0.6 is 0 Å². The zero-order valence-corrected chi connectivity index (χ0v) is 39.8. The molecule has 15 rings (SSSR count). The van der Waals surface area contributed by atoms with Gasteiger partial charge in [-0.15, -0.1) is 0 Å². The van der Waals surface area contributed by atoms with Gasteiger partial charge in [-0.25, -0.2) is 0 Å². The maximum absolute atomic E-state index is 2.90. The molecule has 6 aromatic carbocycles. The molecule has 7 aliphatic carbocycles. The fraction of sp³-hybridized carbons (Fsp3) is 0.279. The average Bonchev–Trinajstić information content (AvgIpc) is 3.62. The second-order valence-corrected chi connectivity index (χ2v) is 28.6. The molecular weight excluding hydrogens is 814 g/mol. The van der Waals surface area contributed by atoms with Crippen LogP contribution in [-0.4, -0.2) is 20.8 Å². The molecule has 2 aliphatic heterocycles. The Morgan fingerprint density at radius 3 is 2.09 bits per heavy atom. The third kappa shape index (κ3) is 4.57. The predicted molar refractivity (Wildman–Crippen MR) is 280 cm³/mol. The van der Waals surface area contributed by atoms with Gasteiger partial charge in [-0.3, -0.25) is 0 Å². The molecule has 3 nitrogen and oxygen atoms in total. The third-order valence-electron chi connectivity index (χ3n) is 18.9. The molecule has 0 radical (unpaired) electrons. The molecule has 9 atom stereocenters. The molecule has 9 aliphatic rings. The number of benzene rings is 6. The first-order valence-electron chi connectivity index (χ1n) is 25.3. The molecule has 6 aromatic rings. The summed E-state index contributed by atoms with van der Waals surface area (Å²) in [5.74, 6) is 4.03. The standard InChI is InChI=1S/C61H57BN3Si/c1-38-24-26-44(27-25-38)64-52-35-45(63(41-16-8-5-9-17-41)42-18-10-6-11-19-42)28-30-50(52)62-51-31-29-49-57(47-22-14-15-23-48(47)61(49)55-33-39-32-40-34-56(61)60(39,40)55)59(51)65(43-20-12-7-13-21-43)54-37-46(66(2,3)4)36-53(64)58(54)62/h5-13,15-21,23-31,33,35-37,39-40,47-48,51,56,59,66H,14,22,32,34H2,1-4H3/q-1. The van der Waals surface area contributed by atoms with E-state index in [1.807, 2.05) is 5.57 Å². The van der Waals surface area contributed by atoms with Gasteiger partial charge in [-0.1, -0.05) is 0 Å². The third-order valence-corrected chi connectivity index (χ3v) is 21.2. The van der Waals surface area contributed by atoms with Crippen LogP contribution in [-0.2, 0) is 0 Å². The molecular formula is C61H57BN3Si-. The summed E-state index contributed by atoms with van der Waals surface area (Å²) in [5, 5.41) is 1.54. The summed E-state index contributed by atoms with van der Waals surface area (Å²) in [6.07, 6.45) is 18.9. The minimum atomic E-state index is -2.22. The van der Waals surface area contributed by atoms with Crippen LogP contribution in [0.4, 0.5) is 45.5 Å².